The lowest BCUT2D eigenvalue weighted by Gasteiger charge is -2.37. The molecule has 6 nitrogen and oxygen atoms in total. The molecule has 4 rings (SSSR count). The number of amides is 2. The lowest BCUT2D eigenvalue weighted by molar-refractivity contribution is -0.147. The van der Waals surface area contributed by atoms with Crippen molar-refractivity contribution in [2.24, 2.45) is 0 Å². The molecule has 1 saturated heterocycles. The van der Waals surface area contributed by atoms with E-state index in [2.05, 4.69) is 10.3 Å². The molecule has 27 heavy (non-hydrogen) atoms. The van der Waals surface area contributed by atoms with Crippen LogP contribution in [0.2, 0.25) is 0 Å². The average Bonchev–Trinajstić information content (AvgIpc) is 3.09. The summed E-state index contributed by atoms with van der Waals surface area (Å²) in [5.41, 5.74) is 3.38. The molecular formula is C21H21N3O3. The number of methoxy groups -OCH3 is 1. The van der Waals surface area contributed by atoms with Gasteiger partial charge in [0.15, 0.2) is 0 Å². The maximum Gasteiger partial charge on any atom is 0.251 e. The van der Waals surface area contributed by atoms with E-state index in [1.807, 2.05) is 49.4 Å². The maximum atomic E-state index is 13.2. The van der Waals surface area contributed by atoms with E-state index in [0.717, 1.165) is 27.7 Å². The number of nitrogens with zero attached hydrogens (tertiary/aromatic N) is 1. The predicted octanol–water partition coefficient (Wildman–Crippen LogP) is 3.40. The Hall–Kier alpha value is -3.28. The Balaban J connectivity index is 1.75. The lowest BCUT2D eigenvalue weighted by atomic mass is 9.99. The molecule has 3 aromatic rings. The predicted molar refractivity (Wildman–Crippen MR) is 104 cm³/mol. The Bertz CT molecular complexity index is 1020. The van der Waals surface area contributed by atoms with Crippen LogP contribution in [0, 0.1) is 6.92 Å². The zero-order valence-electron chi connectivity index (χ0n) is 15.3. The second kappa shape index (κ2) is 6.79. The second-order valence-corrected chi connectivity index (χ2v) is 6.70. The molecule has 1 aliphatic rings. The molecular weight excluding hydrogens is 342 g/mol. The van der Waals surface area contributed by atoms with Crippen molar-refractivity contribution in [1.29, 1.82) is 0 Å². The fraction of sp³-hybridized carbons (Fsp3) is 0.238. The van der Waals surface area contributed by atoms with Crippen molar-refractivity contribution in [3.8, 4) is 5.75 Å². The number of fused-ring (bicyclic) bond motifs is 1. The van der Waals surface area contributed by atoms with E-state index in [4.69, 9.17) is 4.74 Å². The summed E-state index contributed by atoms with van der Waals surface area (Å²) in [5.74, 6) is 0.467. The monoisotopic (exact) mass is 363 g/mol. The average molecular weight is 363 g/mol. The normalized spacial score (nSPS) is 14.7. The van der Waals surface area contributed by atoms with Gasteiger partial charge in [-0.15, -0.1) is 0 Å². The molecule has 2 amide bonds. The fourth-order valence-electron chi connectivity index (χ4n) is 3.44. The lowest BCUT2D eigenvalue weighted by Crippen LogP contribution is -2.49. The first-order valence-corrected chi connectivity index (χ1v) is 8.89. The number of benzene rings is 2. The van der Waals surface area contributed by atoms with Crippen molar-refractivity contribution in [3.63, 3.8) is 0 Å². The van der Waals surface area contributed by atoms with Gasteiger partial charge in [0.2, 0.25) is 5.91 Å². The first-order chi connectivity index (χ1) is 13.1. The minimum atomic E-state index is -0.688. The van der Waals surface area contributed by atoms with E-state index in [-0.39, 0.29) is 11.8 Å². The quantitative estimate of drug-likeness (QED) is 0.682. The number of carbonyl (C=O) groups is 2. The molecule has 0 aliphatic carbocycles. The summed E-state index contributed by atoms with van der Waals surface area (Å²) in [6.45, 7) is 2.51. The number of aromatic amines is 1. The van der Waals surface area contributed by atoms with Gasteiger partial charge in [-0.05, 0) is 36.8 Å². The zero-order valence-corrected chi connectivity index (χ0v) is 15.3. The third kappa shape index (κ3) is 3.03. The van der Waals surface area contributed by atoms with Gasteiger partial charge < -0.3 is 19.9 Å². The number of aromatic nitrogens is 1. The van der Waals surface area contributed by atoms with Gasteiger partial charge in [0.25, 0.3) is 5.91 Å². The molecule has 0 spiro atoms. The number of hydrogen-bond donors (Lipinski definition) is 2. The number of anilines is 1. The number of hydrogen-bond acceptors (Lipinski definition) is 3. The van der Waals surface area contributed by atoms with Crippen molar-refractivity contribution in [2.45, 2.75) is 19.4 Å². The molecule has 1 fully saturated rings. The van der Waals surface area contributed by atoms with Gasteiger partial charge in [-0.25, -0.2) is 0 Å². The van der Waals surface area contributed by atoms with E-state index < -0.39 is 6.04 Å². The van der Waals surface area contributed by atoms with E-state index in [1.165, 1.54) is 0 Å². The maximum absolute atomic E-state index is 13.2. The molecule has 2 aromatic carbocycles. The molecule has 138 valence electrons. The smallest absolute Gasteiger partial charge is 0.251 e. The summed E-state index contributed by atoms with van der Waals surface area (Å²) in [6.07, 6.45) is 2.28. The Morgan fingerprint density at radius 2 is 2.07 bits per heavy atom. The highest BCUT2D eigenvalue weighted by molar-refractivity contribution is 6.02. The Kier molecular flexibility index (Phi) is 4.32. The van der Waals surface area contributed by atoms with E-state index in [9.17, 15) is 9.59 Å². The summed E-state index contributed by atoms with van der Waals surface area (Å²) in [7, 11) is 1.61. The largest absolute Gasteiger partial charge is 0.497 e. The van der Waals surface area contributed by atoms with Crippen LogP contribution in [0.1, 0.15) is 23.6 Å². The SMILES string of the molecule is COc1ccc2[nH]cc(C(C(=O)Nc3ccccc3C)N3CCC3=O)c2c1. The molecule has 6 heteroatoms. The van der Waals surface area contributed by atoms with E-state index in [1.54, 1.807) is 18.2 Å². The molecule has 1 aliphatic heterocycles. The summed E-state index contributed by atoms with van der Waals surface area (Å²) in [6, 6.07) is 12.6. The minimum Gasteiger partial charge on any atom is -0.497 e. The zero-order chi connectivity index (χ0) is 19.0. The third-order valence-electron chi connectivity index (χ3n) is 5.07. The molecule has 1 unspecified atom stereocenters. The highest BCUT2D eigenvalue weighted by atomic mass is 16.5. The molecule has 0 saturated carbocycles. The van der Waals surface area contributed by atoms with Crippen LogP contribution in [0.25, 0.3) is 10.9 Å². The van der Waals surface area contributed by atoms with Crippen LogP contribution in [0.4, 0.5) is 5.69 Å². The van der Waals surface area contributed by atoms with Crippen LogP contribution in [0.5, 0.6) is 5.75 Å². The Labute approximate surface area is 157 Å². The van der Waals surface area contributed by atoms with E-state index in [0.29, 0.717) is 18.7 Å². The first kappa shape index (κ1) is 17.1. The standard InChI is InChI=1S/C21H21N3O3/c1-13-5-3-4-6-17(13)23-21(26)20(24-10-9-19(24)25)16-12-22-18-8-7-14(27-2)11-15(16)18/h3-8,11-12,20,22H,9-10H2,1-2H3,(H,23,26). The number of β-lactam (4-membered cyclic amide) rings is 1. The van der Waals surface area contributed by atoms with Crippen LogP contribution in [-0.4, -0.2) is 35.4 Å². The fourth-order valence-corrected chi connectivity index (χ4v) is 3.44. The number of H-pyrrole nitrogens is 1. The first-order valence-electron chi connectivity index (χ1n) is 8.89. The third-order valence-corrected chi connectivity index (χ3v) is 5.07. The molecule has 1 aromatic heterocycles. The molecule has 0 radical (unpaired) electrons. The number of ether oxygens (including phenoxy) is 1. The van der Waals surface area contributed by atoms with Crippen molar-refractivity contribution in [3.05, 3.63) is 59.8 Å². The summed E-state index contributed by atoms with van der Waals surface area (Å²) < 4.78 is 5.33. The van der Waals surface area contributed by atoms with Gasteiger partial charge in [-0.2, -0.15) is 0 Å². The Morgan fingerprint density at radius 3 is 2.74 bits per heavy atom. The number of nitrogens with one attached hydrogen (secondary N) is 2. The number of carbonyl (C=O) groups excluding carboxylic acids is 2. The summed E-state index contributed by atoms with van der Waals surface area (Å²) in [4.78, 5) is 30.2. The Morgan fingerprint density at radius 1 is 1.26 bits per heavy atom. The molecule has 2 N–H and O–H groups in total. The van der Waals surface area contributed by atoms with Gasteiger partial charge in [-0.3, -0.25) is 9.59 Å². The molecule has 1 atom stereocenters. The minimum absolute atomic E-state index is 0.0165. The van der Waals surface area contributed by atoms with Crippen molar-refractivity contribution in [1.82, 2.24) is 9.88 Å². The van der Waals surface area contributed by atoms with Gasteiger partial charge in [-0.1, -0.05) is 18.2 Å². The van der Waals surface area contributed by atoms with Gasteiger partial charge in [0, 0.05) is 41.3 Å². The van der Waals surface area contributed by atoms with Crippen molar-refractivity contribution >= 4 is 28.4 Å². The highest BCUT2D eigenvalue weighted by Gasteiger charge is 2.38. The number of para-hydroxylation sites is 1. The van der Waals surface area contributed by atoms with Crippen LogP contribution in [-0.2, 0) is 9.59 Å². The van der Waals surface area contributed by atoms with Gasteiger partial charge in [0.1, 0.15) is 11.8 Å². The van der Waals surface area contributed by atoms with Crippen molar-refractivity contribution < 1.29 is 14.3 Å². The summed E-state index contributed by atoms with van der Waals surface area (Å²) in [5, 5.41) is 3.86. The second-order valence-electron chi connectivity index (χ2n) is 6.70. The van der Waals surface area contributed by atoms with Crippen LogP contribution >= 0.6 is 0 Å². The van der Waals surface area contributed by atoms with Crippen LogP contribution < -0.4 is 10.1 Å². The number of likely N-dealkylation sites (tertiary alicyclic amines) is 1. The molecule has 2 heterocycles. The van der Waals surface area contributed by atoms with Gasteiger partial charge >= 0.3 is 0 Å². The number of aryl methyl sites for hydroxylation is 1. The number of rotatable bonds is 5. The summed E-state index contributed by atoms with van der Waals surface area (Å²) >= 11 is 0. The topological polar surface area (TPSA) is 74.4 Å². The van der Waals surface area contributed by atoms with E-state index >= 15 is 0 Å². The van der Waals surface area contributed by atoms with Crippen molar-refractivity contribution in [2.75, 3.05) is 19.0 Å². The van der Waals surface area contributed by atoms with Crippen LogP contribution in [0.3, 0.4) is 0 Å². The van der Waals surface area contributed by atoms with Crippen LogP contribution in [0.15, 0.2) is 48.7 Å². The van der Waals surface area contributed by atoms with Gasteiger partial charge in [0.05, 0.1) is 7.11 Å². The molecule has 0 bridgehead atoms. The highest BCUT2D eigenvalue weighted by Crippen LogP contribution is 2.34.